The lowest BCUT2D eigenvalue weighted by molar-refractivity contribution is -0.0860. The molecular weight excluding hydrogens is 287 g/mol. The van der Waals surface area contributed by atoms with Crippen LogP contribution in [0.3, 0.4) is 0 Å². The van der Waals surface area contributed by atoms with Crippen LogP contribution in [0.5, 0.6) is 5.75 Å². The fraction of sp³-hybridized carbons (Fsp3) is 0.562. The molecule has 22 heavy (non-hydrogen) atoms. The highest BCUT2D eigenvalue weighted by Gasteiger charge is 2.32. The average Bonchev–Trinajstić information content (AvgIpc) is 2.50. The second-order valence-electron chi connectivity index (χ2n) is 5.81. The highest BCUT2D eigenvalue weighted by molar-refractivity contribution is 5.90. The monoisotopic (exact) mass is 310 g/mol. The highest BCUT2D eigenvalue weighted by Crippen LogP contribution is 2.26. The van der Waals surface area contributed by atoms with Gasteiger partial charge in [0.05, 0.1) is 25.9 Å². The Balaban J connectivity index is 2.10. The molecular formula is C16H23FN2O3. The molecule has 6 heteroatoms. The van der Waals surface area contributed by atoms with E-state index in [1.165, 1.54) is 13.2 Å². The number of carbonyl (C=O) groups is 1. The summed E-state index contributed by atoms with van der Waals surface area (Å²) in [4.78, 5) is 14.1. The zero-order valence-electron chi connectivity index (χ0n) is 13.5. The molecule has 122 valence electrons. The molecule has 0 unspecified atom stereocenters. The van der Waals surface area contributed by atoms with Crippen LogP contribution in [0, 0.1) is 12.7 Å². The van der Waals surface area contributed by atoms with Gasteiger partial charge in [0.2, 0.25) is 0 Å². The predicted octanol–water partition coefficient (Wildman–Crippen LogP) is 3.18. The fourth-order valence-corrected chi connectivity index (χ4v) is 2.46. The zero-order valence-corrected chi connectivity index (χ0v) is 13.5. The third-order valence-corrected chi connectivity index (χ3v) is 4.11. The number of nitrogens with one attached hydrogen (secondary N) is 1. The summed E-state index contributed by atoms with van der Waals surface area (Å²) in [5, 5.41) is 2.77. The SMILES string of the molecule is CC[C@]1(C)CN(C(=O)Nc2cc(F)c(OC)cc2C)CCO1. The molecule has 1 heterocycles. The van der Waals surface area contributed by atoms with Crippen molar-refractivity contribution >= 4 is 11.7 Å². The van der Waals surface area contributed by atoms with Gasteiger partial charge in [-0.1, -0.05) is 6.92 Å². The van der Waals surface area contributed by atoms with Crippen molar-refractivity contribution in [3.8, 4) is 5.75 Å². The lowest BCUT2D eigenvalue weighted by atomic mass is 10.0. The minimum Gasteiger partial charge on any atom is -0.494 e. The van der Waals surface area contributed by atoms with Crippen molar-refractivity contribution in [1.29, 1.82) is 0 Å². The van der Waals surface area contributed by atoms with E-state index >= 15 is 0 Å². The minimum absolute atomic E-state index is 0.167. The second kappa shape index (κ2) is 6.52. The van der Waals surface area contributed by atoms with Crippen LogP contribution in [0.2, 0.25) is 0 Å². The Kier molecular flexibility index (Phi) is 4.90. The summed E-state index contributed by atoms with van der Waals surface area (Å²) in [6, 6.07) is 2.61. The molecule has 1 aromatic carbocycles. The third-order valence-electron chi connectivity index (χ3n) is 4.11. The average molecular weight is 310 g/mol. The molecule has 2 rings (SSSR count). The van der Waals surface area contributed by atoms with Crippen LogP contribution in [0.4, 0.5) is 14.9 Å². The van der Waals surface area contributed by atoms with Gasteiger partial charge in [-0.05, 0) is 31.9 Å². The van der Waals surface area contributed by atoms with E-state index in [9.17, 15) is 9.18 Å². The van der Waals surface area contributed by atoms with E-state index in [4.69, 9.17) is 9.47 Å². The lowest BCUT2D eigenvalue weighted by Gasteiger charge is -2.40. The van der Waals surface area contributed by atoms with Gasteiger partial charge in [-0.2, -0.15) is 0 Å². The molecule has 0 bridgehead atoms. The van der Waals surface area contributed by atoms with E-state index in [-0.39, 0.29) is 17.4 Å². The van der Waals surface area contributed by atoms with Crippen molar-refractivity contribution in [3.63, 3.8) is 0 Å². The van der Waals surface area contributed by atoms with Crippen LogP contribution in [-0.4, -0.2) is 43.3 Å². The van der Waals surface area contributed by atoms with Crippen molar-refractivity contribution in [2.45, 2.75) is 32.8 Å². The lowest BCUT2D eigenvalue weighted by Crippen LogP contribution is -2.53. The van der Waals surface area contributed by atoms with Crippen molar-refractivity contribution in [1.82, 2.24) is 4.90 Å². The van der Waals surface area contributed by atoms with Gasteiger partial charge in [0.1, 0.15) is 0 Å². The molecule has 1 saturated heterocycles. The Morgan fingerprint density at radius 1 is 1.55 bits per heavy atom. The molecule has 1 atom stereocenters. The number of aryl methyl sites for hydroxylation is 1. The molecule has 1 aromatic rings. The summed E-state index contributed by atoms with van der Waals surface area (Å²) in [5.74, 6) is -0.329. The van der Waals surface area contributed by atoms with Crippen LogP contribution >= 0.6 is 0 Å². The van der Waals surface area contributed by atoms with E-state index in [2.05, 4.69) is 5.32 Å². The van der Waals surface area contributed by atoms with Gasteiger partial charge < -0.3 is 19.7 Å². The number of morpholine rings is 1. The summed E-state index contributed by atoms with van der Waals surface area (Å²) in [6.07, 6.45) is 0.826. The first kappa shape index (κ1) is 16.5. The number of hydrogen-bond donors (Lipinski definition) is 1. The topological polar surface area (TPSA) is 50.8 Å². The van der Waals surface area contributed by atoms with Crippen LogP contribution in [0.15, 0.2) is 12.1 Å². The van der Waals surface area contributed by atoms with E-state index < -0.39 is 5.82 Å². The maximum absolute atomic E-state index is 13.8. The quantitative estimate of drug-likeness (QED) is 0.933. The number of urea groups is 1. The van der Waals surface area contributed by atoms with Crippen molar-refractivity contribution in [3.05, 3.63) is 23.5 Å². The number of benzene rings is 1. The Bertz CT molecular complexity index is 565. The molecule has 0 aliphatic carbocycles. The standard InChI is InChI=1S/C16H23FN2O3/c1-5-16(3)10-19(6-7-22-16)15(20)18-13-9-12(17)14(21-4)8-11(13)2/h8-9H,5-7,10H2,1-4H3,(H,18,20)/t16-/m1/s1. The number of carbonyl (C=O) groups excluding carboxylic acids is 1. The van der Waals surface area contributed by atoms with E-state index in [0.717, 1.165) is 12.0 Å². The molecule has 2 amide bonds. The highest BCUT2D eigenvalue weighted by atomic mass is 19.1. The molecule has 0 spiro atoms. The smallest absolute Gasteiger partial charge is 0.322 e. The summed E-state index contributed by atoms with van der Waals surface area (Å²) in [6.45, 7) is 7.38. The molecule has 1 fully saturated rings. The first-order valence-corrected chi connectivity index (χ1v) is 7.42. The fourth-order valence-electron chi connectivity index (χ4n) is 2.46. The normalized spacial score (nSPS) is 21.6. The largest absolute Gasteiger partial charge is 0.494 e. The Labute approximate surface area is 130 Å². The van der Waals surface area contributed by atoms with Crippen LogP contribution in [0.1, 0.15) is 25.8 Å². The Morgan fingerprint density at radius 3 is 2.91 bits per heavy atom. The van der Waals surface area contributed by atoms with Gasteiger partial charge in [-0.25, -0.2) is 9.18 Å². The number of anilines is 1. The minimum atomic E-state index is -0.497. The molecule has 1 aliphatic heterocycles. The number of rotatable bonds is 3. The van der Waals surface area contributed by atoms with Gasteiger partial charge >= 0.3 is 6.03 Å². The summed E-state index contributed by atoms with van der Waals surface area (Å²) >= 11 is 0. The summed E-state index contributed by atoms with van der Waals surface area (Å²) < 4.78 is 24.4. The van der Waals surface area contributed by atoms with Crippen molar-refractivity contribution in [2.75, 3.05) is 32.1 Å². The number of methoxy groups -OCH3 is 1. The number of nitrogens with zero attached hydrogens (tertiary/aromatic N) is 1. The molecule has 1 aliphatic rings. The number of ether oxygens (including phenoxy) is 2. The predicted molar refractivity (Wildman–Crippen MR) is 82.9 cm³/mol. The molecule has 5 nitrogen and oxygen atoms in total. The van der Waals surface area contributed by atoms with Gasteiger partial charge in [-0.15, -0.1) is 0 Å². The maximum atomic E-state index is 13.8. The van der Waals surface area contributed by atoms with Crippen LogP contribution in [-0.2, 0) is 4.74 Å². The first-order chi connectivity index (χ1) is 10.4. The van der Waals surface area contributed by atoms with E-state index in [1.807, 2.05) is 13.8 Å². The maximum Gasteiger partial charge on any atom is 0.322 e. The van der Waals surface area contributed by atoms with E-state index in [1.54, 1.807) is 17.9 Å². The van der Waals surface area contributed by atoms with Crippen LogP contribution < -0.4 is 10.1 Å². The van der Waals surface area contributed by atoms with Gasteiger partial charge in [0.15, 0.2) is 11.6 Å². The van der Waals surface area contributed by atoms with Gasteiger partial charge in [0.25, 0.3) is 0 Å². The van der Waals surface area contributed by atoms with Crippen molar-refractivity contribution in [2.24, 2.45) is 0 Å². The molecule has 0 saturated carbocycles. The molecule has 0 radical (unpaired) electrons. The van der Waals surface area contributed by atoms with Gasteiger partial charge in [0, 0.05) is 18.3 Å². The number of amides is 2. The third kappa shape index (κ3) is 3.50. The summed E-state index contributed by atoms with van der Waals surface area (Å²) in [7, 11) is 1.41. The first-order valence-electron chi connectivity index (χ1n) is 7.42. The van der Waals surface area contributed by atoms with Crippen LogP contribution in [0.25, 0.3) is 0 Å². The molecule has 0 aromatic heterocycles. The zero-order chi connectivity index (χ0) is 16.3. The molecule has 1 N–H and O–H groups in total. The van der Waals surface area contributed by atoms with Gasteiger partial charge in [-0.3, -0.25) is 0 Å². The number of hydrogen-bond acceptors (Lipinski definition) is 3. The second-order valence-corrected chi connectivity index (χ2v) is 5.81. The van der Waals surface area contributed by atoms with Crippen molar-refractivity contribution < 1.29 is 18.7 Å². The Morgan fingerprint density at radius 2 is 2.27 bits per heavy atom. The van der Waals surface area contributed by atoms with E-state index in [0.29, 0.717) is 25.4 Å². The summed E-state index contributed by atoms with van der Waals surface area (Å²) in [5.41, 5.74) is 0.876. The Hall–Kier alpha value is -1.82. The number of halogens is 1.